The predicted octanol–water partition coefficient (Wildman–Crippen LogP) is 1.54. The lowest BCUT2D eigenvalue weighted by Crippen LogP contribution is -2.27. The zero-order valence-electron chi connectivity index (χ0n) is 9.34. The molecule has 18 heavy (non-hydrogen) atoms. The van der Waals surface area contributed by atoms with Gasteiger partial charge in [0, 0.05) is 18.1 Å². The maximum atomic E-state index is 11.7. The Morgan fingerprint density at radius 2 is 2.06 bits per heavy atom. The summed E-state index contributed by atoms with van der Waals surface area (Å²) in [6, 6.07) is 9.00. The summed E-state index contributed by atoms with van der Waals surface area (Å²) < 4.78 is 1.20. The largest absolute Gasteiger partial charge is 0.325 e. The van der Waals surface area contributed by atoms with Crippen molar-refractivity contribution in [1.82, 2.24) is 9.55 Å². The lowest BCUT2D eigenvalue weighted by molar-refractivity contribution is -0.116. The van der Waals surface area contributed by atoms with Gasteiger partial charge in [-0.15, -0.1) is 0 Å². The van der Waals surface area contributed by atoms with Crippen molar-refractivity contribution in [2.45, 2.75) is 6.54 Å². The molecule has 0 aliphatic rings. The summed E-state index contributed by atoms with van der Waals surface area (Å²) in [6.45, 7) is -0.101. The van der Waals surface area contributed by atoms with Crippen molar-refractivity contribution in [3.8, 4) is 0 Å². The molecule has 0 bridgehead atoms. The monoisotopic (exact) mass is 263 g/mol. The fourth-order valence-electron chi connectivity index (χ4n) is 1.42. The van der Waals surface area contributed by atoms with E-state index in [9.17, 15) is 9.59 Å². The van der Waals surface area contributed by atoms with Gasteiger partial charge in [0.25, 0.3) is 5.56 Å². The lowest BCUT2D eigenvalue weighted by atomic mass is 10.3. The number of hydrogen-bond donors (Lipinski definition) is 1. The van der Waals surface area contributed by atoms with Crippen LogP contribution in [-0.2, 0) is 11.3 Å². The van der Waals surface area contributed by atoms with Crippen molar-refractivity contribution in [3.05, 3.63) is 58.2 Å². The maximum absolute atomic E-state index is 11.7. The molecule has 0 spiro atoms. The molecule has 0 radical (unpaired) electrons. The molecule has 0 aliphatic heterocycles. The Bertz CT molecular complexity index is 610. The van der Waals surface area contributed by atoms with Crippen LogP contribution in [-0.4, -0.2) is 15.5 Å². The number of anilines is 1. The van der Waals surface area contributed by atoms with Crippen LogP contribution in [0, 0.1) is 0 Å². The number of rotatable bonds is 3. The Morgan fingerprint density at radius 1 is 1.33 bits per heavy atom. The van der Waals surface area contributed by atoms with E-state index in [2.05, 4.69) is 10.3 Å². The second-order valence-corrected chi connectivity index (χ2v) is 3.92. The van der Waals surface area contributed by atoms with Crippen LogP contribution in [0.4, 0.5) is 5.69 Å². The van der Waals surface area contributed by atoms with Crippen molar-refractivity contribution in [3.63, 3.8) is 0 Å². The third-order valence-electron chi connectivity index (χ3n) is 2.24. The summed E-state index contributed by atoms with van der Waals surface area (Å²) in [6.07, 6.45) is 2.79. The van der Waals surface area contributed by atoms with E-state index in [1.807, 2.05) is 18.2 Å². The number of carbonyl (C=O) groups is 1. The molecule has 1 aromatic heterocycles. The molecule has 0 fully saturated rings. The second-order valence-electron chi connectivity index (χ2n) is 3.57. The molecule has 0 saturated heterocycles. The standard InChI is InChI=1S/C12H10ClN3O2/c13-11-12(18)16(7-6-14-11)8-10(17)15-9-4-2-1-3-5-9/h1-7H,8H2,(H,15,17). The number of aromatic nitrogens is 2. The van der Waals surface area contributed by atoms with E-state index in [0.29, 0.717) is 5.69 Å². The van der Waals surface area contributed by atoms with Crippen LogP contribution < -0.4 is 10.9 Å². The van der Waals surface area contributed by atoms with Crippen molar-refractivity contribution in [2.75, 3.05) is 5.32 Å². The first-order chi connectivity index (χ1) is 8.66. The summed E-state index contributed by atoms with van der Waals surface area (Å²) in [4.78, 5) is 26.9. The first-order valence-corrected chi connectivity index (χ1v) is 5.60. The Hall–Kier alpha value is -2.14. The van der Waals surface area contributed by atoms with Crippen molar-refractivity contribution >= 4 is 23.2 Å². The molecule has 5 nitrogen and oxygen atoms in total. The highest BCUT2D eigenvalue weighted by Crippen LogP contribution is 2.04. The van der Waals surface area contributed by atoms with E-state index in [4.69, 9.17) is 11.6 Å². The maximum Gasteiger partial charge on any atom is 0.288 e. The summed E-state index contributed by atoms with van der Waals surface area (Å²) in [5.74, 6) is -0.300. The summed E-state index contributed by atoms with van der Waals surface area (Å²) in [7, 11) is 0. The van der Waals surface area contributed by atoms with Crippen LogP contribution in [0.3, 0.4) is 0 Å². The van der Waals surface area contributed by atoms with Crippen LogP contribution >= 0.6 is 11.6 Å². The van der Waals surface area contributed by atoms with Crippen molar-refractivity contribution < 1.29 is 4.79 Å². The molecule has 0 saturated carbocycles. The van der Waals surface area contributed by atoms with Crippen LogP contribution in [0.5, 0.6) is 0 Å². The molecule has 0 atom stereocenters. The molecule has 2 aromatic rings. The lowest BCUT2D eigenvalue weighted by Gasteiger charge is -2.06. The number of amides is 1. The highest BCUT2D eigenvalue weighted by molar-refractivity contribution is 6.29. The zero-order chi connectivity index (χ0) is 13.0. The molecule has 0 unspecified atom stereocenters. The summed E-state index contributed by atoms with van der Waals surface area (Å²) in [5, 5.41) is 2.53. The van der Waals surface area contributed by atoms with Gasteiger partial charge in [-0.3, -0.25) is 9.59 Å². The molecule has 1 N–H and O–H groups in total. The Kier molecular flexibility index (Phi) is 3.74. The Balaban J connectivity index is 2.08. The summed E-state index contributed by atoms with van der Waals surface area (Å²) in [5.41, 5.74) is 0.193. The first-order valence-electron chi connectivity index (χ1n) is 5.22. The van der Waals surface area contributed by atoms with Crippen molar-refractivity contribution in [2.24, 2.45) is 0 Å². The van der Waals surface area contributed by atoms with Gasteiger partial charge in [0.2, 0.25) is 5.91 Å². The number of para-hydroxylation sites is 1. The van der Waals surface area contributed by atoms with Gasteiger partial charge in [-0.25, -0.2) is 4.98 Å². The second kappa shape index (κ2) is 5.46. The van der Waals surface area contributed by atoms with E-state index < -0.39 is 5.56 Å². The molecule has 0 aliphatic carbocycles. The van der Waals surface area contributed by atoms with Gasteiger partial charge in [0.15, 0.2) is 5.15 Å². The fraction of sp³-hybridized carbons (Fsp3) is 0.0833. The SMILES string of the molecule is O=C(Cn1ccnc(Cl)c1=O)Nc1ccccc1. The predicted molar refractivity (Wildman–Crippen MR) is 68.6 cm³/mol. The van der Waals surface area contributed by atoms with Gasteiger partial charge in [-0.1, -0.05) is 29.8 Å². The quantitative estimate of drug-likeness (QED) is 0.913. The highest BCUT2D eigenvalue weighted by Gasteiger charge is 2.07. The molecule has 92 valence electrons. The minimum Gasteiger partial charge on any atom is -0.325 e. The van der Waals surface area contributed by atoms with E-state index >= 15 is 0 Å². The number of halogens is 1. The van der Waals surface area contributed by atoms with Crippen LogP contribution in [0.2, 0.25) is 5.15 Å². The van der Waals surface area contributed by atoms with Gasteiger partial charge in [0.05, 0.1) is 0 Å². The van der Waals surface area contributed by atoms with Crippen LogP contribution in [0.1, 0.15) is 0 Å². The Labute approximate surface area is 108 Å². The van der Waals surface area contributed by atoms with Gasteiger partial charge in [0.1, 0.15) is 6.54 Å². The zero-order valence-corrected chi connectivity index (χ0v) is 10.1. The highest BCUT2D eigenvalue weighted by atomic mass is 35.5. The fourth-order valence-corrected chi connectivity index (χ4v) is 1.59. The van der Waals surface area contributed by atoms with E-state index in [1.54, 1.807) is 12.1 Å². The van der Waals surface area contributed by atoms with Gasteiger partial charge < -0.3 is 9.88 Å². The normalized spacial score (nSPS) is 10.1. The summed E-state index contributed by atoms with van der Waals surface area (Å²) >= 11 is 5.58. The molecule has 6 heteroatoms. The topological polar surface area (TPSA) is 64.0 Å². The van der Waals surface area contributed by atoms with Crippen LogP contribution in [0.25, 0.3) is 0 Å². The average Bonchev–Trinajstić information content (AvgIpc) is 2.36. The van der Waals surface area contributed by atoms with Crippen LogP contribution in [0.15, 0.2) is 47.5 Å². The number of carbonyl (C=O) groups excluding carboxylic acids is 1. The number of nitrogens with one attached hydrogen (secondary N) is 1. The molecule has 1 heterocycles. The van der Waals surface area contributed by atoms with E-state index in [-0.39, 0.29) is 17.6 Å². The average molecular weight is 264 g/mol. The number of benzene rings is 1. The minimum absolute atomic E-state index is 0.101. The Morgan fingerprint density at radius 3 is 2.78 bits per heavy atom. The molecular weight excluding hydrogens is 254 g/mol. The third-order valence-corrected chi connectivity index (χ3v) is 2.50. The molecule has 1 aromatic carbocycles. The first kappa shape index (κ1) is 12.3. The van der Waals surface area contributed by atoms with E-state index in [1.165, 1.54) is 17.0 Å². The molecular formula is C12H10ClN3O2. The van der Waals surface area contributed by atoms with E-state index in [0.717, 1.165) is 0 Å². The molecule has 1 amide bonds. The smallest absolute Gasteiger partial charge is 0.288 e. The van der Waals surface area contributed by atoms with Gasteiger partial charge >= 0.3 is 0 Å². The van der Waals surface area contributed by atoms with Gasteiger partial charge in [-0.2, -0.15) is 0 Å². The van der Waals surface area contributed by atoms with Gasteiger partial charge in [-0.05, 0) is 12.1 Å². The minimum atomic E-state index is -0.484. The molecule has 2 rings (SSSR count). The number of hydrogen-bond acceptors (Lipinski definition) is 3. The third kappa shape index (κ3) is 2.95. The number of nitrogens with zero attached hydrogens (tertiary/aromatic N) is 2. The van der Waals surface area contributed by atoms with Crippen molar-refractivity contribution in [1.29, 1.82) is 0 Å².